The van der Waals surface area contributed by atoms with Gasteiger partial charge in [0, 0.05) is 51.2 Å². The average Bonchev–Trinajstić information content (AvgIpc) is 3.39. The quantitative estimate of drug-likeness (QED) is 0.101. The van der Waals surface area contributed by atoms with E-state index in [1.54, 1.807) is 5.56 Å². The van der Waals surface area contributed by atoms with E-state index in [9.17, 15) is 0 Å². The summed E-state index contributed by atoms with van der Waals surface area (Å²) in [6.45, 7) is 12.7. The zero-order valence-corrected chi connectivity index (χ0v) is 41.6. The number of nitrogens with zero attached hydrogens (tertiary/aromatic N) is 3. The third kappa shape index (κ3) is 8.88. The molecule has 350 valence electrons. The Labute approximate surface area is 417 Å². The maximum Gasteiger partial charge on any atom is 0.0463 e. The topological polar surface area (TPSA) is 9.72 Å². The van der Waals surface area contributed by atoms with Crippen molar-refractivity contribution in [3.05, 3.63) is 240 Å². The van der Waals surface area contributed by atoms with Gasteiger partial charge in [0.1, 0.15) is 0 Å². The second-order valence-electron chi connectivity index (χ2n) is 21.2. The fraction of sp³-hybridized carbons (Fsp3) is 0.254. The Morgan fingerprint density at radius 2 is 0.700 bits per heavy atom. The zero-order chi connectivity index (χ0) is 47.8. The zero-order valence-electron chi connectivity index (χ0n) is 41.6. The number of rotatable bonds is 15. The van der Waals surface area contributed by atoms with E-state index in [4.69, 9.17) is 0 Å². The largest absolute Gasteiger partial charge is 0.311 e. The number of unbranched alkanes of at least 4 members (excludes halogenated alkanes) is 1. The standard InChI is InChI=1S/C67H67N3/c1-6-8-9-52-18-30-60(31-19-52)70(61-32-22-56(23-33-61)67-45-53-42-54(46-67)44-66(43-53,47-67)55-20-16-51(7-2)17-21-55)65-40-38-64(39-41-65)69(59-28-14-50(5)15-29-59)63-36-34-62(35-37-63)68(57-24-10-48(3)11-25-57)58-26-12-49(4)13-27-58/h7,10-41,53-54H,2,6,8-9,42-47H2,1,3-5H3. The highest BCUT2D eigenvalue weighted by Crippen LogP contribution is 2.66. The van der Waals surface area contributed by atoms with E-state index in [-0.39, 0.29) is 10.8 Å². The fourth-order valence-corrected chi connectivity index (χ4v) is 13.0. The molecule has 3 heteroatoms. The van der Waals surface area contributed by atoms with Gasteiger partial charge in [-0.15, -0.1) is 0 Å². The molecule has 4 aliphatic rings. The molecule has 0 radical (unpaired) electrons. The lowest BCUT2D eigenvalue weighted by Crippen LogP contribution is -2.55. The van der Waals surface area contributed by atoms with Gasteiger partial charge in [0.25, 0.3) is 0 Å². The SMILES string of the molecule is C=Cc1ccc(C23CC4CC(C2)CC(c2ccc(N(c5ccc(CCCC)cc5)c5ccc(N(c6ccc(C)cc6)c6ccc(N(c7ccc(C)cc7)c7ccc(C)cc7)cc6)cc5)cc2)(C4)C3)cc1. The van der Waals surface area contributed by atoms with Gasteiger partial charge in [-0.05, 0) is 226 Å². The third-order valence-electron chi connectivity index (χ3n) is 16.2. The molecule has 0 N–H and O–H groups in total. The molecule has 0 aromatic heterocycles. The van der Waals surface area contributed by atoms with Crippen LogP contribution in [0.25, 0.3) is 6.08 Å². The summed E-state index contributed by atoms with van der Waals surface area (Å²) in [5, 5.41) is 0. The minimum atomic E-state index is 0.227. The van der Waals surface area contributed by atoms with Crippen LogP contribution >= 0.6 is 0 Å². The number of benzene rings is 8. The van der Waals surface area contributed by atoms with Crippen LogP contribution in [0, 0.1) is 32.6 Å². The highest BCUT2D eigenvalue weighted by Gasteiger charge is 2.58. The van der Waals surface area contributed by atoms with Crippen molar-refractivity contribution in [3.63, 3.8) is 0 Å². The van der Waals surface area contributed by atoms with Gasteiger partial charge < -0.3 is 14.7 Å². The molecule has 0 amide bonds. The minimum Gasteiger partial charge on any atom is -0.311 e. The van der Waals surface area contributed by atoms with Gasteiger partial charge in [0.15, 0.2) is 0 Å². The molecule has 12 rings (SSSR count). The van der Waals surface area contributed by atoms with Gasteiger partial charge >= 0.3 is 0 Å². The molecular formula is C67H67N3. The molecule has 70 heavy (non-hydrogen) atoms. The van der Waals surface area contributed by atoms with Gasteiger partial charge in [0.05, 0.1) is 0 Å². The summed E-state index contributed by atoms with van der Waals surface area (Å²) < 4.78 is 0. The summed E-state index contributed by atoms with van der Waals surface area (Å²) in [5.74, 6) is 1.59. The van der Waals surface area contributed by atoms with Gasteiger partial charge in [-0.25, -0.2) is 0 Å². The molecule has 4 bridgehead atoms. The Hall–Kier alpha value is -7.10. The Balaban J connectivity index is 0.932. The summed E-state index contributed by atoms with van der Waals surface area (Å²) in [6, 6.07) is 73.3. The molecule has 3 nitrogen and oxygen atoms in total. The Morgan fingerprint density at radius 1 is 0.414 bits per heavy atom. The first kappa shape index (κ1) is 45.3. The maximum absolute atomic E-state index is 4.03. The predicted molar refractivity (Wildman–Crippen MR) is 298 cm³/mol. The maximum atomic E-state index is 4.03. The highest BCUT2D eigenvalue weighted by molar-refractivity contribution is 5.83. The number of aryl methyl sites for hydroxylation is 4. The monoisotopic (exact) mass is 914 g/mol. The number of hydrogen-bond acceptors (Lipinski definition) is 3. The van der Waals surface area contributed by atoms with Crippen LogP contribution in [0.2, 0.25) is 0 Å². The molecule has 2 unspecified atom stereocenters. The normalized spacial score (nSPS) is 20.0. The van der Waals surface area contributed by atoms with E-state index in [2.05, 4.69) is 243 Å². The molecule has 4 saturated carbocycles. The molecule has 0 spiro atoms. The molecule has 8 aromatic rings. The van der Waals surface area contributed by atoms with E-state index in [0.29, 0.717) is 0 Å². The van der Waals surface area contributed by atoms with E-state index >= 15 is 0 Å². The molecule has 0 aliphatic heterocycles. The molecule has 8 aromatic carbocycles. The van der Waals surface area contributed by atoms with Crippen molar-refractivity contribution in [1.82, 2.24) is 0 Å². The first-order valence-corrected chi connectivity index (χ1v) is 25.9. The smallest absolute Gasteiger partial charge is 0.0463 e. The Morgan fingerprint density at radius 3 is 1.01 bits per heavy atom. The number of anilines is 9. The molecule has 2 atom stereocenters. The van der Waals surface area contributed by atoms with Crippen LogP contribution < -0.4 is 14.7 Å². The predicted octanol–water partition coefficient (Wildman–Crippen LogP) is 18.8. The average molecular weight is 914 g/mol. The summed E-state index contributed by atoms with van der Waals surface area (Å²) in [5.41, 5.74) is 20.1. The Kier molecular flexibility index (Phi) is 12.3. The lowest BCUT2D eigenvalue weighted by molar-refractivity contribution is -0.0281. The van der Waals surface area contributed by atoms with E-state index in [1.165, 1.54) is 96.1 Å². The van der Waals surface area contributed by atoms with Gasteiger partial charge in [0.2, 0.25) is 0 Å². The van der Waals surface area contributed by atoms with E-state index in [1.807, 2.05) is 6.08 Å². The van der Waals surface area contributed by atoms with Crippen molar-refractivity contribution < 1.29 is 0 Å². The molecule has 0 heterocycles. The van der Waals surface area contributed by atoms with E-state index in [0.717, 1.165) is 58.1 Å². The first-order chi connectivity index (χ1) is 34.2. The van der Waals surface area contributed by atoms with Crippen LogP contribution in [0.5, 0.6) is 0 Å². The van der Waals surface area contributed by atoms with Crippen LogP contribution in [0.3, 0.4) is 0 Å². The lowest BCUT2D eigenvalue weighted by Gasteiger charge is -2.63. The number of hydrogen-bond donors (Lipinski definition) is 0. The second kappa shape index (κ2) is 19.0. The van der Waals surface area contributed by atoms with E-state index < -0.39 is 0 Å². The second-order valence-corrected chi connectivity index (χ2v) is 21.2. The summed E-state index contributed by atoms with van der Waals surface area (Å²) in [4.78, 5) is 7.17. The molecule has 0 saturated heterocycles. The van der Waals surface area contributed by atoms with Crippen molar-refractivity contribution in [2.75, 3.05) is 14.7 Å². The summed E-state index contributed by atoms with van der Waals surface area (Å²) in [6.07, 6.45) is 13.4. The van der Waals surface area contributed by atoms with Crippen LogP contribution in [-0.4, -0.2) is 0 Å². The highest BCUT2D eigenvalue weighted by atomic mass is 15.2. The van der Waals surface area contributed by atoms with Crippen molar-refractivity contribution in [1.29, 1.82) is 0 Å². The summed E-state index contributed by atoms with van der Waals surface area (Å²) >= 11 is 0. The van der Waals surface area contributed by atoms with Gasteiger partial charge in [-0.3, -0.25) is 0 Å². The third-order valence-corrected chi connectivity index (χ3v) is 16.2. The van der Waals surface area contributed by atoms with Crippen molar-refractivity contribution in [2.45, 2.75) is 96.3 Å². The van der Waals surface area contributed by atoms with Crippen LogP contribution in [0.4, 0.5) is 51.2 Å². The summed E-state index contributed by atoms with van der Waals surface area (Å²) in [7, 11) is 0. The van der Waals surface area contributed by atoms with Crippen LogP contribution in [0.15, 0.2) is 201 Å². The van der Waals surface area contributed by atoms with Crippen molar-refractivity contribution in [2.24, 2.45) is 11.8 Å². The molecule has 4 fully saturated rings. The minimum absolute atomic E-state index is 0.227. The van der Waals surface area contributed by atoms with Gasteiger partial charge in [-0.2, -0.15) is 0 Å². The van der Waals surface area contributed by atoms with Crippen LogP contribution in [-0.2, 0) is 17.3 Å². The van der Waals surface area contributed by atoms with Crippen LogP contribution in [0.1, 0.15) is 97.2 Å². The molecule has 4 aliphatic carbocycles. The van der Waals surface area contributed by atoms with Crippen molar-refractivity contribution >= 4 is 57.3 Å². The molecular weight excluding hydrogens is 847 g/mol. The van der Waals surface area contributed by atoms with Crippen molar-refractivity contribution in [3.8, 4) is 0 Å². The lowest BCUT2D eigenvalue weighted by atomic mass is 9.42. The first-order valence-electron chi connectivity index (χ1n) is 25.9. The fourth-order valence-electron chi connectivity index (χ4n) is 13.0. The van der Waals surface area contributed by atoms with Gasteiger partial charge in [-0.1, -0.05) is 128 Å². The Bertz CT molecular complexity index is 2980.